The maximum atomic E-state index is 12.8. The van der Waals surface area contributed by atoms with E-state index in [1.165, 1.54) is 4.90 Å². The van der Waals surface area contributed by atoms with Gasteiger partial charge < -0.3 is 10.4 Å². The second kappa shape index (κ2) is 8.11. The van der Waals surface area contributed by atoms with Crippen molar-refractivity contribution in [1.29, 1.82) is 0 Å². The van der Waals surface area contributed by atoms with Crippen molar-refractivity contribution in [3.8, 4) is 0 Å². The summed E-state index contributed by atoms with van der Waals surface area (Å²) in [6.07, 6.45) is 0.850. The van der Waals surface area contributed by atoms with E-state index in [0.717, 1.165) is 6.42 Å². The molecule has 3 N–H and O–H groups in total. The summed E-state index contributed by atoms with van der Waals surface area (Å²) in [4.78, 5) is 37.6. The first-order valence-electron chi connectivity index (χ1n) is 8.47. The highest BCUT2D eigenvalue weighted by Gasteiger charge is 2.50. The van der Waals surface area contributed by atoms with Crippen molar-refractivity contribution in [1.82, 2.24) is 10.6 Å². The first kappa shape index (κ1) is 18.9. The van der Waals surface area contributed by atoms with Gasteiger partial charge in [-0.2, -0.15) is 0 Å². The summed E-state index contributed by atoms with van der Waals surface area (Å²) >= 11 is 0. The second-order valence-corrected chi connectivity index (χ2v) is 6.65. The molecular weight excluding hydrogens is 322 g/mol. The van der Waals surface area contributed by atoms with Crippen LogP contribution in [0.2, 0.25) is 0 Å². The van der Waals surface area contributed by atoms with E-state index >= 15 is 0 Å². The van der Waals surface area contributed by atoms with E-state index < -0.39 is 30.0 Å². The van der Waals surface area contributed by atoms with Crippen molar-refractivity contribution in [3.05, 3.63) is 30.3 Å². The lowest BCUT2D eigenvalue weighted by molar-refractivity contribution is -0.137. The predicted molar refractivity (Wildman–Crippen MR) is 94.2 cm³/mol. The summed E-state index contributed by atoms with van der Waals surface area (Å²) in [6.45, 7) is 6.32. The molecule has 0 aliphatic carbocycles. The molecule has 0 spiro atoms. The van der Waals surface area contributed by atoms with E-state index in [-0.39, 0.29) is 5.91 Å². The van der Waals surface area contributed by atoms with Crippen LogP contribution in [0, 0.1) is 5.92 Å². The topological polar surface area (TPSA) is 109 Å². The van der Waals surface area contributed by atoms with Crippen molar-refractivity contribution in [2.24, 2.45) is 5.92 Å². The number of hydrogen-bond acceptors (Lipinski definition) is 4. The van der Waals surface area contributed by atoms with Crippen LogP contribution >= 0.6 is 0 Å². The average molecular weight is 347 g/mol. The van der Waals surface area contributed by atoms with Crippen molar-refractivity contribution >= 4 is 23.5 Å². The maximum absolute atomic E-state index is 12.8. The molecule has 0 saturated carbocycles. The number of para-hydroxylation sites is 1. The quantitative estimate of drug-likeness (QED) is 0.608. The van der Waals surface area contributed by atoms with E-state index in [9.17, 15) is 14.4 Å². The molecule has 0 radical (unpaired) electrons. The van der Waals surface area contributed by atoms with Gasteiger partial charge in [0.15, 0.2) is 0 Å². The van der Waals surface area contributed by atoms with Crippen LogP contribution in [0.1, 0.15) is 27.2 Å². The fraction of sp³-hybridized carbons (Fsp3) is 0.500. The number of carbonyl (C=O) groups excluding carboxylic acids is 2. The summed E-state index contributed by atoms with van der Waals surface area (Å²) in [7, 11) is 0. The van der Waals surface area contributed by atoms with Crippen LogP contribution in [-0.4, -0.2) is 47.6 Å². The standard InChI is InChI=1S/C18H25N3O4/c1-11(2)9-10-19-16(22)12(3)21(13-7-5-4-6-8-13)17(23)14-15(20-14)18(24)25/h4-8,11-12,14-15,20H,9-10H2,1-3H3,(H,19,22)(H,24,25)/t12-,14+,15+/m0/s1. The van der Waals surface area contributed by atoms with E-state index in [1.807, 2.05) is 6.07 Å². The molecule has 0 unspecified atom stereocenters. The molecule has 1 aliphatic heterocycles. The number of benzene rings is 1. The zero-order valence-corrected chi connectivity index (χ0v) is 14.7. The van der Waals surface area contributed by atoms with Crippen LogP contribution in [-0.2, 0) is 14.4 Å². The normalized spacial score (nSPS) is 20.0. The summed E-state index contributed by atoms with van der Waals surface area (Å²) < 4.78 is 0. The Morgan fingerprint density at radius 2 is 1.80 bits per heavy atom. The fourth-order valence-corrected chi connectivity index (χ4v) is 2.59. The summed E-state index contributed by atoms with van der Waals surface area (Å²) in [6, 6.07) is 6.39. The Morgan fingerprint density at radius 1 is 1.16 bits per heavy atom. The van der Waals surface area contributed by atoms with Gasteiger partial charge in [0.05, 0.1) is 0 Å². The van der Waals surface area contributed by atoms with Crippen LogP contribution in [0.15, 0.2) is 30.3 Å². The largest absolute Gasteiger partial charge is 0.480 e. The Hall–Kier alpha value is -2.41. The molecule has 1 aliphatic rings. The third kappa shape index (κ3) is 4.79. The minimum Gasteiger partial charge on any atom is -0.480 e. The average Bonchev–Trinajstić information content (AvgIpc) is 3.36. The van der Waals surface area contributed by atoms with E-state index in [4.69, 9.17) is 5.11 Å². The lowest BCUT2D eigenvalue weighted by atomic mass is 10.1. The lowest BCUT2D eigenvalue weighted by Gasteiger charge is -2.28. The molecule has 0 bridgehead atoms. The van der Waals surface area contributed by atoms with Gasteiger partial charge in [0, 0.05) is 12.2 Å². The van der Waals surface area contributed by atoms with Gasteiger partial charge in [-0.25, -0.2) is 0 Å². The number of anilines is 1. The molecule has 1 saturated heterocycles. The SMILES string of the molecule is CC(C)CCNC(=O)[C@H](C)N(C(=O)[C@@H]1N[C@H]1C(=O)O)c1ccccc1. The second-order valence-electron chi connectivity index (χ2n) is 6.65. The molecule has 0 aromatic heterocycles. The molecule has 7 nitrogen and oxygen atoms in total. The smallest absolute Gasteiger partial charge is 0.322 e. The molecule has 1 fully saturated rings. The van der Waals surface area contributed by atoms with Gasteiger partial charge in [-0.3, -0.25) is 24.6 Å². The van der Waals surface area contributed by atoms with E-state index in [1.54, 1.807) is 31.2 Å². The number of carboxylic acids is 1. The molecule has 3 atom stereocenters. The zero-order chi connectivity index (χ0) is 18.6. The number of nitrogens with one attached hydrogen (secondary N) is 2. The van der Waals surface area contributed by atoms with Gasteiger partial charge in [0.1, 0.15) is 18.1 Å². The molecular formula is C18H25N3O4. The molecule has 7 heteroatoms. The van der Waals surface area contributed by atoms with Gasteiger partial charge in [-0.05, 0) is 31.4 Å². The Kier molecular flexibility index (Phi) is 6.14. The van der Waals surface area contributed by atoms with Crippen molar-refractivity contribution in [2.45, 2.75) is 45.3 Å². The summed E-state index contributed by atoms with van der Waals surface area (Å²) in [5.74, 6) is -1.27. The van der Waals surface area contributed by atoms with Crippen molar-refractivity contribution < 1.29 is 19.5 Å². The Morgan fingerprint density at radius 3 is 2.32 bits per heavy atom. The third-order valence-corrected chi connectivity index (χ3v) is 4.17. The van der Waals surface area contributed by atoms with Gasteiger partial charge in [-0.1, -0.05) is 32.0 Å². The number of carbonyl (C=O) groups is 3. The first-order chi connectivity index (χ1) is 11.8. The highest BCUT2D eigenvalue weighted by Crippen LogP contribution is 2.23. The van der Waals surface area contributed by atoms with Crippen molar-refractivity contribution in [3.63, 3.8) is 0 Å². The third-order valence-electron chi connectivity index (χ3n) is 4.17. The Balaban J connectivity index is 2.13. The number of rotatable bonds is 8. The molecule has 136 valence electrons. The highest BCUT2D eigenvalue weighted by atomic mass is 16.4. The molecule has 25 heavy (non-hydrogen) atoms. The van der Waals surface area contributed by atoms with Crippen LogP contribution < -0.4 is 15.5 Å². The minimum atomic E-state index is -1.07. The summed E-state index contributed by atoms with van der Waals surface area (Å²) in [5.41, 5.74) is 0.567. The van der Waals surface area contributed by atoms with Gasteiger partial charge in [-0.15, -0.1) is 0 Å². The van der Waals surface area contributed by atoms with Crippen LogP contribution in [0.3, 0.4) is 0 Å². The Bertz CT molecular complexity index is 632. The summed E-state index contributed by atoms with van der Waals surface area (Å²) in [5, 5.41) is 14.5. The number of carboxylic acid groups (broad SMARTS) is 1. The number of amides is 2. The number of aliphatic carboxylic acids is 1. The van der Waals surface area contributed by atoms with Gasteiger partial charge >= 0.3 is 5.97 Å². The highest BCUT2D eigenvalue weighted by molar-refractivity contribution is 6.07. The van der Waals surface area contributed by atoms with E-state index in [2.05, 4.69) is 24.5 Å². The van der Waals surface area contributed by atoms with Crippen molar-refractivity contribution in [2.75, 3.05) is 11.4 Å². The maximum Gasteiger partial charge on any atom is 0.322 e. The van der Waals surface area contributed by atoms with Crippen LogP contribution in [0.5, 0.6) is 0 Å². The lowest BCUT2D eigenvalue weighted by Crippen LogP contribution is -2.50. The molecule has 1 aromatic carbocycles. The molecule has 2 rings (SSSR count). The van der Waals surface area contributed by atoms with Crippen LogP contribution in [0.4, 0.5) is 5.69 Å². The number of hydrogen-bond donors (Lipinski definition) is 3. The van der Waals surface area contributed by atoms with Crippen LogP contribution in [0.25, 0.3) is 0 Å². The number of nitrogens with zero attached hydrogens (tertiary/aromatic N) is 1. The Labute approximate surface area is 147 Å². The van der Waals surface area contributed by atoms with E-state index in [0.29, 0.717) is 18.2 Å². The predicted octanol–water partition coefficient (Wildman–Crippen LogP) is 0.995. The molecule has 1 aromatic rings. The fourth-order valence-electron chi connectivity index (χ4n) is 2.59. The monoisotopic (exact) mass is 347 g/mol. The van der Waals surface area contributed by atoms with Gasteiger partial charge in [0.2, 0.25) is 11.8 Å². The zero-order valence-electron chi connectivity index (χ0n) is 14.7. The van der Waals surface area contributed by atoms with Gasteiger partial charge in [0.25, 0.3) is 0 Å². The molecule has 1 heterocycles. The first-order valence-corrected chi connectivity index (χ1v) is 8.47. The molecule has 2 amide bonds. The minimum absolute atomic E-state index is 0.259.